The number of rotatable bonds is 1. The molecule has 1 heterocycles. The quantitative estimate of drug-likeness (QED) is 0.443. The lowest BCUT2D eigenvalue weighted by molar-refractivity contribution is -0.170. The molecule has 8 heavy (non-hydrogen) atoms. The first-order valence-electron chi connectivity index (χ1n) is 2.42. The Hall–Kier alpha value is -0.380. The van der Waals surface area contributed by atoms with E-state index in [1.807, 2.05) is 0 Å². The third-order valence-electron chi connectivity index (χ3n) is 1.03. The van der Waals surface area contributed by atoms with Gasteiger partial charge in [0.25, 0.3) is 0 Å². The van der Waals surface area contributed by atoms with E-state index < -0.39 is 5.79 Å². The number of hydrogen-bond donors (Lipinski definition) is 2. The molecule has 1 unspecified atom stereocenters. The van der Waals surface area contributed by atoms with Crippen molar-refractivity contribution in [2.24, 2.45) is 0 Å². The summed E-state index contributed by atoms with van der Waals surface area (Å²) < 4.78 is 4.68. The van der Waals surface area contributed by atoms with Gasteiger partial charge in [-0.3, -0.25) is 0 Å². The van der Waals surface area contributed by atoms with Gasteiger partial charge in [-0.2, -0.15) is 0 Å². The van der Waals surface area contributed by atoms with Crippen LogP contribution in [0.3, 0.4) is 0 Å². The van der Waals surface area contributed by atoms with Gasteiger partial charge >= 0.3 is 0 Å². The van der Waals surface area contributed by atoms with Crippen molar-refractivity contribution in [3.8, 4) is 0 Å². The fraction of sp³-hybridized carbons (Fsp3) is 0.600. The number of aliphatic hydroxyl groups excluding tert-OH is 1. The molecule has 0 aliphatic carbocycles. The average molecular weight is 116 g/mol. The number of ether oxygens (including phenoxy) is 1. The van der Waals surface area contributed by atoms with E-state index in [-0.39, 0.29) is 6.61 Å². The van der Waals surface area contributed by atoms with Crippen LogP contribution < -0.4 is 0 Å². The molecular formula is C5H8O3. The Bertz CT molecular complexity index is 110. The molecular weight excluding hydrogens is 108 g/mol. The molecule has 0 aromatic carbocycles. The lowest BCUT2D eigenvalue weighted by Crippen LogP contribution is -2.30. The molecule has 0 amide bonds. The van der Waals surface area contributed by atoms with Gasteiger partial charge in [0.1, 0.15) is 6.61 Å². The van der Waals surface area contributed by atoms with Gasteiger partial charge in [-0.1, -0.05) is 6.08 Å². The van der Waals surface area contributed by atoms with Crippen LogP contribution in [0.25, 0.3) is 0 Å². The molecule has 46 valence electrons. The van der Waals surface area contributed by atoms with E-state index in [9.17, 15) is 0 Å². The molecule has 1 rings (SSSR count). The first-order valence-corrected chi connectivity index (χ1v) is 2.42. The third-order valence-corrected chi connectivity index (χ3v) is 1.03. The fourth-order valence-electron chi connectivity index (χ4n) is 0.571. The Morgan fingerprint density at radius 3 is 2.75 bits per heavy atom. The standard InChI is InChI=1S/C5H8O3/c6-4-5(7)2-1-3-8-5/h1-2,6-7H,3-4H2. The van der Waals surface area contributed by atoms with E-state index in [0.717, 1.165) is 0 Å². The van der Waals surface area contributed by atoms with Crippen molar-refractivity contribution in [3.05, 3.63) is 12.2 Å². The number of hydrogen-bond acceptors (Lipinski definition) is 3. The molecule has 1 aliphatic rings. The van der Waals surface area contributed by atoms with E-state index in [0.29, 0.717) is 6.61 Å². The normalized spacial score (nSPS) is 36.2. The monoisotopic (exact) mass is 116 g/mol. The second-order valence-corrected chi connectivity index (χ2v) is 1.72. The topological polar surface area (TPSA) is 49.7 Å². The first-order chi connectivity index (χ1) is 3.77. The average Bonchev–Trinajstić information content (AvgIpc) is 2.17. The predicted molar refractivity (Wildman–Crippen MR) is 27.1 cm³/mol. The lowest BCUT2D eigenvalue weighted by Gasteiger charge is -2.15. The zero-order chi connectivity index (χ0) is 6.04. The molecule has 0 aromatic heterocycles. The zero-order valence-electron chi connectivity index (χ0n) is 4.37. The maximum atomic E-state index is 8.94. The van der Waals surface area contributed by atoms with Gasteiger partial charge in [-0.25, -0.2) is 0 Å². The molecule has 0 fully saturated rings. The molecule has 0 spiro atoms. The minimum Gasteiger partial charge on any atom is -0.390 e. The van der Waals surface area contributed by atoms with Crippen molar-refractivity contribution in [3.63, 3.8) is 0 Å². The Morgan fingerprint density at radius 1 is 1.75 bits per heavy atom. The van der Waals surface area contributed by atoms with Crippen LogP contribution >= 0.6 is 0 Å². The molecule has 1 aliphatic heterocycles. The summed E-state index contributed by atoms with van der Waals surface area (Å²) in [4.78, 5) is 0. The second kappa shape index (κ2) is 1.85. The van der Waals surface area contributed by atoms with Crippen molar-refractivity contribution >= 4 is 0 Å². The smallest absolute Gasteiger partial charge is 0.209 e. The van der Waals surface area contributed by atoms with Gasteiger partial charge in [-0.05, 0) is 6.08 Å². The van der Waals surface area contributed by atoms with Gasteiger partial charge < -0.3 is 14.9 Å². The van der Waals surface area contributed by atoms with Crippen molar-refractivity contribution < 1.29 is 14.9 Å². The van der Waals surface area contributed by atoms with Crippen LogP contribution in [0.4, 0.5) is 0 Å². The van der Waals surface area contributed by atoms with Crippen LogP contribution in [-0.2, 0) is 4.74 Å². The summed E-state index contributed by atoms with van der Waals surface area (Å²) in [6, 6.07) is 0. The van der Waals surface area contributed by atoms with Crippen LogP contribution in [0.5, 0.6) is 0 Å². The molecule has 0 saturated carbocycles. The van der Waals surface area contributed by atoms with Gasteiger partial charge in [0.15, 0.2) is 0 Å². The largest absolute Gasteiger partial charge is 0.390 e. The molecule has 0 radical (unpaired) electrons. The molecule has 3 heteroatoms. The predicted octanol–water partition coefficient (Wildman–Crippen LogP) is -0.746. The van der Waals surface area contributed by atoms with Crippen LogP contribution in [0.2, 0.25) is 0 Å². The third kappa shape index (κ3) is 0.888. The Kier molecular flexibility index (Phi) is 1.33. The highest BCUT2D eigenvalue weighted by atomic mass is 16.6. The van der Waals surface area contributed by atoms with Crippen LogP contribution in [0.1, 0.15) is 0 Å². The molecule has 0 bridgehead atoms. The minimum atomic E-state index is -1.39. The van der Waals surface area contributed by atoms with Crippen molar-refractivity contribution in [1.29, 1.82) is 0 Å². The summed E-state index contributed by atoms with van der Waals surface area (Å²) in [5, 5.41) is 17.3. The summed E-state index contributed by atoms with van der Waals surface area (Å²) >= 11 is 0. The summed E-state index contributed by atoms with van der Waals surface area (Å²) in [6.45, 7) is 0.0144. The molecule has 2 N–H and O–H groups in total. The van der Waals surface area contributed by atoms with Crippen LogP contribution in [0.15, 0.2) is 12.2 Å². The van der Waals surface area contributed by atoms with Gasteiger partial charge in [0, 0.05) is 0 Å². The molecule has 0 aromatic rings. The van der Waals surface area contributed by atoms with Crippen LogP contribution in [0, 0.1) is 0 Å². The molecule has 0 saturated heterocycles. The highest BCUT2D eigenvalue weighted by Gasteiger charge is 2.25. The zero-order valence-corrected chi connectivity index (χ0v) is 4.37. The Morgan fingerprint density at radius 2 is 2.50 bits per heavy atom. The highest BCUT2D eigenvalue weighted by Crippen LogP contribution is 2.12. The van der Waals surface area contributed by atoms with Gasteiger partial charge in [0.05, 0.1) is 6.61 Å². The second-order valence-electron chi connectivity index (χ2n) is 1.72. The van der Waals surface area contributed by atoms with E-state index in [1.54, 1.807) is 6.08 Å². The van der Waals surface area contributed by atoms with E-state index in [1.165, 1.54) is 6.08 Å². The van der Waals surface area contributed by atoms with E-state index in [2.05, 4.69) is 4.74 Å². The van der Waals surface area contributed by atoms with Gasteiger partial charge in [-0.15, -0.1) is 0 Å². The molecule has 3 nitrogen and oxygen atoms in total. The lowest BCUT2D eigenvalue weighted by atomic mass is 10.3. The first kappa shape index (κ1) is 5.75. The highest BCUT2D eigenvalue weighted by molar-refractivity contribution is 5.00. The Balaban J connectivity index is 2.54. The SMILES string of the molecule is OCC1(O)C=CCO1. The summed E-state index contributed by atoms with van der Waals surface area (Å²) in [5.41, 5.74) is 0. The van der Waals surface area contributed by atoms with Crippen molar-refractivity contribution in [2.75, 3.05) is 13.2 Å². The van der Waals surface area contributed by atoms with Crippen LogP contribution in [-0.4, -0.2) is 29.2 Å². The van der Waals surface area contributed by atoms with Crippen molar-refractivity contribution in [1.82, 2.24) is 0 Å². The number of aliphatic hydroxyl groups is 2. The van der Waals surface area contributed by atoms with Crippen molar-refractivity contribution in [2.45, 2.75) is 5.79 Å². The maximum Gasteiger partial charge on any atom is 0.209 e. The summed E-state index contributed by atoms with van der Waals surface area (Å²) in [7, 11) is 0. The fourth-order valence-corrected chi connectivity index (χ4v) is 0.571. The van der Waals surface area contributed by atoms with E-state index >= 15 is 0 Å². The van der Waals surface area contributed by atoms with E-state index in [4.69, 9.17) is 10.2 Å². The Labute approximate surface area is 47.2 Å². The van der Waals surface area contributed by atoms with Gasteiger partial charge in [0.2, 0.25) is 5.79 Å². The maximum absolute atomic E-state index is 8.94. The summed E-state index contributed by atoms with van der Waals surface area (Å²) in [5.74, 6) is -1.39. The minimum absolute atomic E-state index is 0.372. The summed E-state index contributed by atoms with van der Waals surface area (Å²) in [6.07, 6.45) is 3.10. The molecule has 1 atom stereocenters.